The zero-order chi connectivity index (χ0) is 33.0. The highest BCUT2D eigenvalue weighted by Gasteiger charge is 2.30. The van der Waals surface area contributed by atoms with Crippen LogP contribution in [0.3, 0.4) is 0 Å². The van der Waals surface area contributed by atoms with Crippen LogP contribution in [0.4, 0.5) is 11.4 Å². The Morgan fingerprint density at radius 2 is 0.854 bits per heavy atom. The van der Waals surface area contributed by atoms with Crippen LogP contribution in [0.2, 0.25) is 0 Å². The van der Waals surface area contributed by atoms with Gasteiger partial charge in [0.15, 0.2) is 10.3 Å². The first-order valence-electron chi connectivity index (χ1n) is 14.8. The first-order valence-corrected chi connectivity index (χ1v) is 18.0. The maximum absolute atomic E-state index is 13.3. The number of amidine groups is 2. The van der Waals surface area contributed by atoms with Crippen molar-refractivity contribution in [3.63, 3.8) is 0 Å². The summed E-state index contributed by atoms with van der Waals surface area (Å²) in [5, 5.41) is 6.82. The summed E-state index contributed by atoms with van der Waals surface area (Å²) < 4.78 is 1.92. The Labute approximate surface area is 302 Å². The molecule has 2 aliphatic rings. The molecule has 2 fully saturated rings. The van der Waals surface area contributed by atoms with E-state index in [0.29, 0.717) is 31.5 Å². The van der Waals surface area contributed by atoms with E-state index >= 15 is 0 Å². The Morgan fingerprint density at radius 1 is 0.479 bits per heavy atom. The molecule has 0 bridgehead atoms. The molecule has 0 saturated carbocycles. The number of rotatable bonds is 6. The van der Waals surface area contributed by atoms with Crippen LogP contribution in [0, 0.1) is 0 Å². The number of carbonyl (C=O) groups is 2. The van der Waals surface area contributed by atoms with E-state index < -0.39 is 0 Å². The number of aliphatic imine (C=N–C) groups is 2. The third-order valence-corrected chi connectivity index (χ3v) is 10.4. The van der Waals surface area contributed by atoms with Crippen molar-refractivity contribution in [2.75, 3.05) is 0 Å². The summed E-state index contributed by atoms with van der Waals surface area (Å²) in [4.78, 5) is 37.3. The highest BCUT2D eigenvalue weighted by atomic mass is 79.9. The minimum Gasteiger partial charge on any atom is -0.300 e. The van der Waals surface area contributed by atoms with Crippen molar-refractivity contribution < 1.29 is 9.59 Å². The molecule has 0 spiro atoms. The summed E-state index contributed by atoms with van der Waals surface area (Å²) in [5.74, 6) is -0.414. The third-order valence-electron chi connectivity index (χ3n) is 7.39. The third kappa shape index (κ3) is 7.17. The van der Waals surface area contributed by atoms with E-state index in [1.807, 2.05) is 133 Å². The molecule has 2 aliphatic heterocycles. The summed E-state index contributed by atoms with van der Waals surface area (Å²) in [6, 6.07) is 42.9. The zero-order valence-corrected chi connectivity index (χ0v) is 29.8. The van der Waals surface area contributed by atoms with E-state index in [4.69, 9.17) is 9.98 Å². The molecule has 2 saturated heterocycles. The Bertz CT molecular complexity index is 2010. The Hall–Kier alpha value is -4.48. The molecule has 0 radical (unpaired) electrons. The van der Waals surface area contributed by atoms with Crippen molar-refractivity contribution in [1.29, 1.82) is 0 Å². The van der Waals surface area contributed by atoms with Crippen LogP contribution in [0.15, 0.2) is 162 Å². The lowest BCUT2D eigenvalue weighted by molar-refractivity contribution is -0.116. The number of carbonyl (C=O) groups excluding carboxylic acids is 2. The summed E-state index contributed by atoms with van der Waals surface area (Å²) in [5.41, 5.74) is 6.67. The van der Waals surface area contributed by atoms with Crippen molar-refractivity contribution >= 4 is 100 Å². The topological polar surface area (TPSA) is 82.9 Å². The molecule has 6 nitrogen and oxygen atoms in total. The molecule has 0 unspecified atom stereocenters. The van der Waals surface area contributed by atoms with Gasteiger partial charge in [-0.05, 0) is 88.2 Å². The second-order valence-corrected chi connectivity index (χ2v) is 14.4. The molecule has 10 heteroatoms. The maximum atomic E-state index is 13.3. The molecular formula is C38H24Br2N4O2S2. The van der Waals surface area contributed by atoms with Crippen molar-refractivity contribution in [3.8, 4) is 0 Å². The molecule has 48 heavy (non-hydrogen) atoms. The predicted molar refractivity (Wildman–Crippen MR) is 205 cm³/mol. The molecule has 234 valence electrons. The lowest BCUT2D eigenvalue weighted by atomic mass is 9.97. The summed E-state index contributed by atoms with van der Waals surface area (Å²) in [7, 11) is 0. The van der Waals surface area contributed by atoms with Gasteiger partial charge in [-0.15, -0.1) is 0 Å². The quantitative estimate of drug-likeness (QED) is 0.168. The zero-order valence-electron chi connectivity index (χ0n) is 25.0. The van der Waals surface area contributed by atoms with Crippen LogP contribution in [0.25, 0.3) is 11.1 Å². The maximum Gasteiger partial charge on any atom is 0.264 e. The van der Waals surface area contributed by atoms with E-state index in [2.05, 4.69) is 42.5 Å². The van der Waals surface area contributed by atoms with Crippen LogP contribution in [0.5, 0.6) is 0 Å². The number of hydrogen-bond donors (Lipinski definition) is 2. The van der Waals surface area contributed by atoms with Crippen LogP contribution in [-0.4, -0.2) is 22.1 Å². The molecule has 0 atom stereocenters. The van der Waals surface area contributed by atoms with Gasteiger partial charge in [-0.25, -0.2) is 9.98 Å². The average molecular weight is 793 g/mol. The number of thioether (sulfide) groups is 2. The van der Waals surface area contributed by atoms with Gasteiger partial charge in [0, 0.05) is 20.1 Å². The van der Waals surface area contributed by atoms with Crippen molar-refractivity contribution in [2.24, 2.45) is 9.98 Å². The highest BCUT2D eigenvalue weighted by Crippen LogP contribution is 2.39. The van der Waals surface area contributed by atoms with Crippen LogP contribution in [-0.2, 0) is 9.59 Å². The predicted octanol–water partition coefficient (Wildman–Crippen LogP) is 9.83. The molecule has 2 amide bonds. The first-order chi connectivity index (χ1) is 23.4. The van der Waals surface area contributed by atoms with Gasteiger partial charge in [-0.1, -0.05) is 123 Å². The number of halogens is 2. The number of nitrogens with zero attached hydrogens (tertiary/aromatic N) is 2. The van der Waals surface area contributed by atoms with Gasteiger partial charge in [0.05, 0.1) is 21.2 Å². The van der Waals surface area contributed by atoms with Gasteiger partial charge in [0.1, 0.15) is 0 Å². The lowest BCUT2D eigenvalue weighted by Crippen LogP contribution is -2.20. The van der Waals surface area contributed by atoms with Gasteiger partial charge in [0.25, 0.3) is 11.8 Å². The van der Waals surface area contributed by atoms with Crippen molar-refractivity contribution in [1.82, 2.24) is 10.6 Å². The lowest BCUT2D eigenvalue weighted by Gasteiger charge is -2.11. The Kier molecular flexibility index (Phi) is 9.58. The summed E-state index contributed by atoms with van der Waals surface area (Å²) in [6.07, 6.45) is 0. The van der Waals surface area contributed by atoms with Crippen LogP contribution >= 0.6 is 55.4 Å². The fourth-order valence-corrected chi connectivity index (χ4v) is 7.71. The van der Waals surface area contributed by atoms with Crippen LogP contribution < -0.4 is 10.6 Å². The van der Waals surface area contributed by atoms with E-state index in [9.17, 15) is 9.59 Å². The molecule has 2 heterocycles. The molecular weight excluding hydrogens is 768 g/mol. The average Bonchev–Trinajstić information content (AvgIpc) is 3.64. The fraction of sp³-hybridized carbons (Fsp3) is 0. The number of hydrogen-bond acceptors (Lipinski definition) is 6. The highest BCUT2D eigenvalue weighted by molar-refractivity contribution is 9.10. The summed E-state index contributed by atoms with van der Waals surface area (Å²) >= 11 is 9.62. The molecule has 0 aromatic heterocycles. The van der Waals surface area contributed by atoms with Gasteiger partial charge in [-0.2, -0.15) is 0 Å². The molecule has 5 aromatic carbocycles. The van der Waals surface area contributed by atoms with Crippen molar-refractivity contribution in [3.05, 3.63) is 174 Å². The van der Waals surface area contributed by atoms with E-state index in [-0.39, 0.29) is 11.8 Å². The van der Waals surface area contributed by atoms with Gasteiger partial charge in [0.2, 0.25) is 0 Å². The SMILES string of the molecule is O=C1NC(=Nc2cccc(N=C3NC(=O)/C(=C(\c4ccccc4)c4ccc(Br)cc4)S3)c2)S/C1=C(/c1ccccc1)c1ccc(Br)cc1. The van der Waals surface area contributed by atoms with Gasteiger partial charge in [-0.3, -0.25) is 9.59 Å². The van der Waals surface area contributed by atoms with Crippen molar-refractivity contribution in [2.45, 2.75) is 0 Å². The molecule has 2 N–H and O–H groups in total. The Balaban J connectivity index is 1.18. The standard InChI is InChI=1S/C38H24Br2N4O2S2/c39-27-18-14-25(15-19-27)31(23-8-3-1-4-9-23)33-35(45)43-37(47-33)41-29-12-7-13-30(22-29)42-38-44-36(46)34(48-38)32(24-10-5-2-6-11-24)26-16-20-28(40)21-17-26/h1-22H,(H,41,43,45)(H,42,44,46)/b33-31-,34-32-. The molecule has 0 aliphatic carbocycles. The van der Waals surface area contributed by atoms with E-state index in [1.165, 1.54) is 23.5 Å². The normalized spacial score (nSPS) is 18.2. The fourth-order valence-electron chi connectivity index (χ4n) is 5.24. The molecule has 5 aromatic rings. The minimum atomic E-state index is -0.207. The molecule has 7 rings (SSSR count). The minimum absolute atomic E-state index is 0.207. The number of nitrogens with one attached hydrogen (secondary N) is 2. The smallest absolute Gasteiger partial charge is 0.264 e. The summed E-state index contributed by atoms with van der Waals surface area (Å²) in [6.45, 7) is 0. The van der Waals surface area contributed by atoms with E-state index in [0.717, 1.165) is 42.3 Å². The van der Waals surface area contributed by atoms with Gasteiger partial charge >= 0.3 is 0 Å². The number of amides is 2. The van der Waals surface area contributed by atoms with Gasteiger partial charge < -0.3 is 10.6 Å². The second-order valence-electron chi connectivity index (χ2n) is 10.6. The van der Waals surface area contributed by atoms with Crippen LogP contribution in [0.1, 0.15) is 22.3 Å². The monoisotopic (exact) mass is 790 g/mol. The van der Waals surface area contributed by atoms with E-state index in [1.54, 1.807) is 0 Å². The second kappa shape index (κ2) is 14.3. The Morgan fingerprint density at radius 3 is 1.25 bits per heavy atom. The first kappa shape index (κ1) is 32.1. The number of benzene rings is 5. The largest absolute Gasteiger partial charge is 0.300 e.